The fourth-order valence-corrected chi connectivity index (χ4v) is 2.82. The van der Waals surface area contributed by atoms with Gasteiger partial charge in [0, 0.05) is 18.7 Å². The van der Waals surface area contributed by atoms with Crippen LogP contribution in [0.25, 0.3) is 11.5 Å². The number of amides is 1. The van der Waals surface area contributed by atoms with Crippen molar-refractivity contribution in [2.75, 3.05) is 13.2 Å². The quantitative estimate of drug-likeness (QED) is 0.468. The molecule has 7 heteroatoms. The second-order valence-electron chi connectivity index (χ2n) is 7.80. The Morgan fingerprint density at radius 3 is 2.45 bits per heavy atom. The highest BCUT2D eigenvalue weighted by atomic mass is 16.6. The first kappa shape index (κ1) is 22.3. The Labute approximate surface area is 183 Å². The van der Waals surface area contributed by atoms with Gasteiger partial charge in [-0.2, -0.15) is 4.98 Å². The summed E-state index contributed by atoms with van der Waals surface area (Å²) < 4.78 is 16.4. The Balaban J connectivity index is 1.52. The highest BCUT2D eigenvalue weighted by Crippen LogP contribution is 2.19. The molecule has 2 aromatic carbocycles. The van der Waals surface area contributed by atoms with Crippen LogP contribution in [0.2, 0.25) is 0 Å². The highest BCUT2D eigenvalue weighted by molar-refractivity contribution is 5.67. The van der Waals surface area contributed by atoms with E-state index in [1.165, 1.54) is 5.56 Å². The van der Waals surface area contributed by atoms with Crippen LogP contribution in [0, 0.1) is 12.8 Å². The minimum absolute atomic E-state index is 0.206. The number of ether oxygens (including phenoxy) is 2. The minimum Gasteiger partial charge on any atom is -0.485 e. The standard InChI is InChI=1S/C24H29N3O4/c1-5-27(24(28)30-15-17(2)3)14-19-8-12-21(13-9-19)29-16-22-25-23(31-26-22)20-10-6-18(4)7-11-20/h6-13,17H,5,14-16H2,1-4H3. The molecular formula is C24H29N3O4. The summed E-state index contributed by atoms with van der Waals surface area (Å²) in [6.07, 6.45) is -0.294. The van der Waals surface area contributed by atoms with E-state index >= 15 is 0 Å². The van der Waals surface area contributed by atoms with Gasteiger partial charge in [0.25, 0.3) is 5.89 Å². The Bertz CT molecular complexity index is 965. The second kappa shape index (κ2) is 10.6. The number of rotatable bonds is 9. The molecule has 0 aliphatic heterocycles. The molecule has 3 aromatic rings. The number of nitrogens with zero attached hydrogens (tertiary/aromatic N) is 3. The Kier molecular flexibility index (Phi) is 7.65. The zero-order valence-electron chi connectivity index (χ0n) is 18.5. The third kappa shape index (κ3) is 6.57. The van der Waals surface area contributed by atoms with Gasteiger partial charge in [0.2, 0.25) is 5.82 Å². The van der Waals surface area contributed by atoms with Crippen molar-refractivity contribution in [2.45, 2.75) is 40.8 Å². The van der Waals surface area contributed by atoms with E-state index in [-0.39, 0.29) is 12.7 Å². The first-order chi connectivity index (χ1) is 14.9. The molecule has 31 heavy (non-hydrogen) atoms. The molecule has 0 saturated carbocycles. The zero-order chi connectivity index (χ0) is 22.2. The predicted octanol–water partition coefficient (Wildman–Crippen LogP) is 5.24. The molecule has 1 aromatic heterocycles. The molecule has 0 spiro atoms. The topological polar surface area (TPSA) is 77.7 Å². The van der Waals surface area contributed by atoms with E-state index in [0.29, 0.717) is 43.1 Å². The van der Waals surface area contributed by atoms with Crippen molar-refractivity contribution in [3.8, 4) is 17.2 Å². The van der Waals surface area contributed by atoms with Crippen LogP contribution < -0.4 is 4.74 Å². The molecular weight excluding hydrogens is 394 g/mol. The molecule has 0 aliphatic rings. The van der Waals surface area contributed by atoms with Crippen LogP contribution in [-0.2, 0) is 17.9 Å². The van der Waals surface area contributed by atoms with Crippen molar-refractivity contribution in [1.29, 1.82) is 0 Å². The summed E-state index contributed by atoms with van der Waals surface area (Å²) in [5.41, 5.74) is 3.04. The van der Waals surface area contributed by atoms with Crippen LogP contribution in [0.1, 0.15) is 37.7 Å². The summed E-state index contributed by atoms with van der Waals surface area (Å²) in [7, 11) is 0. The van der Waals surface area contributed by atoms with Gasteiger partial charge >= 0.3 is 6.09 Å². The maximum atomic E-state index is 12.2. The Morgan fingerprint density at radius 1 is 1.10 bits per heavy atom. The number of carbonyl (C=O) groups excluding carboxylic acids is 1. The second-order valence-corrected chi connectivity index (χ2v) is 7.80. The largest absolute Gasteiger partial charge is 0.485 e. The molecule has 1 amide bonds. The van der Waals surface area contributed by atoms with Crippen LogP contribution in [-0.4, -0.2) is 34.3 Å². The average Bonchev–Trinajstić information content (AvgIpc) is 3.24. The monoisotopic (exact) mass is 423 g/mol. The normalized spacial score (nSPS) is 10.9. The Hall–Kier alpha value is -3.35. The van der Waals surface area contributed by atoms with Gasteiger partial charge in [0.15, 0.2) is 6.61 Å². The molecule has 0 atom stereocenters. The fourth-order valence-electron chi connectivity index (χ4n) is 2.82. The van der Waals surface area contributed by atoms with Gasteiger partial charge in [-0.15, -0.1) is 0 Å². The number of aryl methyl sites for hydroxylation is 1. The molecule has 0 fully saturated rings. The first-order valence-corrected chi connectivity index (χ1v) is 10.5. The minimum atomic E-state index is -0.294. The van der Waals surface area contributed by atoms with Gasteiger partial charge in [-0.25, -0.2) is 4.79 Å². The lowest BCUT2D eigenvalue weighted by Gasteiger charge is -2.21. The third-order valence-corrected chi connectivity index (χ3v) is 4.61. The first-order valence-electron chi connectivity index (χ1n) is 10.5. The highest BCUT2D eigenvalue weighted by Gasteiger charge is 2.14. The van der Waals surface area contributed by atoms with E-state index in [0.717, 1.165) is 11.1 Å². The van der Waals surface area contributed by atoms with Crippen molar-refractivity contribution in [2.24, 2.45) is 5.92 Å². The van der Waals surface area contributed by atoms with Crippen LogP contribution in [0.15, 0.2) is 53.1 Å². The maximum absolute atomic E-state index is 12.2. The number of hydrogen-bond acceptors (Lipinski definition) is 6. The van der Waals surface area contributed by atoms with E-state index in [2.05, 4.69) is 10.1 Å². The summed E-state index contributed by atoms with van der Waals surface area (Å²) in [4.78, 5) is 18.2. The SMILES string of the molecule is CCN(Cc1ccc(OCc2noc(-c3ccc(C)cc3)n2)cc1)C(=O)OCC(C)C. The molecule has 0 saturated heterocycles. The van der Waals surface area contributed by atoms with Gasteiger partial charge in [-0.05, 0) is 49.6 Å². The number of hydrogen-bond donors (Lipinski definition) is 0. The van der Waals surface area contributed by atoms with Gasteiger partial charge in [0.1, 0.15) is 5.75 Å². The molecule has 0 radical (unpaired) electrons. The van der Waals surface area contributed by atoms with E-state index in [4.69, 9.17) is 14.0 Å². The predicted molar refractivity (Wildman–Crippen MR) is 118 cm³/mol. The smallest absolute Gasteiger partial charge is 0.410 e. The maximum Gasteiger partial charge on any atom is 0.410 e. The molecule has 3 rings (SSSR count). The average molecular weight is 424 g/mol. The van der Waals surface area contributed by atoms with Gasteiger partial charge in [-0.3, -0.25) is 0 Å². The van der Waals surface area contributed by atoms with Gasteiger partial charge < -0.3 is 18.9 Å². The van der Waals surface area contributed by atoms with Crippen molar-refractivity contribution in [3.63, 3.8) is 0 Å². The van der Waals surface area contributed by atoms with E-state index in [9.17, 15) is 4.79 Å². The van der Waals surface area contributed by atoms with Crippen LogP contribution >= 0.6 is 0 Å². The summed E-state index contributed by atoms with van der Waals surface area (Å²) >= 11 is 0. The molecule has 7 nitrogen and oxygen atoms in total. The van der Waals surface area contributed by atoms with E-state index in [1.54, 1.807) is 4.90 Å². The van der Waals surface area contributed by atoms with Crippen molar-refractivity contribution >= 4 is 6.09 Å². The number of carbonyl (C=O) groups is 1. The van der Waals surface area contributed by atoms with Gasteiger partial charge in [-0.1, -0.05) is 48.8 Å². The lowest BCUT2D eigenvalue weighted by molar-refractivity contribution is 0.0915. The molecule has 0 bridgehead atoms. The third-order valence-electron chi connectivity index (χ3n) is 4.61. The van der Waals surface area contributed by atoms with Gasteiger partial charge in [0.05, 0.1) is 6.61 Å². The summed E-state index contributed by atoms with van der Waals surface area (Å²) in [5, 5.41) is 3.98. The van der Waals surface area contributed by atoms with Crippen molar-refractivity contribution in [1.82, 2.24) is 15.0 Å². The Morgan fingerprint density at radius 2 is 1.81 bits per heavy atom. The van der Waals surface area contributed by atoms with Crippen LogP contribution in [0.5, 0.6) is 5.75 Å². The van der Waals surface area contributed by atoms with Crippen LogP contribution in [0.4, 0.5) is 4.79 Å². The molecule has 0 aliphatic carbocycles. The summed E-state index contributed by atoms with van der Waals surface area (Å²) in [6.45, 7) is 9.68. The number of benzene rings is 2. The molecule has 1 heterocycles. The molecule has 0 N–H and O–H groups in total. The van der Waals surface area contributed by atoms with Crippen molar-refractivity contribution in [3.05, 3.63) is 65.5 Å². The molecule has 164 valence electrons. The lowest BCUT2D eigenvalue weighted by Crippen LogP contribution is -2.31. The van der Waals surface area contributed by atoms with E-state index in [1.807, 2.05) is 76.2 Å². The van der Waals surface area contributed by atoms with E-state index < -0.39 is 0 Å². The van der Waals surface area contributed by atoms with Crippen LogP contribution in [0.3, 0.4) is 0 Å². The zero-order valence-corrected chi connectivity index (χ0v) is 18.5. The fraction of sp³-hybridized carbons (Fsp3) is 0.375. The molecule has 0 unspecified atom stereocenters. The summed E-state index contributed by atoms with van der Waals surface area (Å²) in [5.74, 6) is 1.95. The summed E-state index contributed by atoms with van der Waals surface area (Å²) in [6, 6.07) is 15.5. The lowest BCUT2D eigenvalue weighted by atomic mass is 10.1. The van der Waals surface area contributed by atoms with Crippen molar-refractivity contribution < 1.29 is 18.8 Å². The number of aromatic nitrogens is 2.